The third kappa shape index (κ3) is 2.94. The van der Waals surface area contributed by atoms with Crippen molar-refractivity contribution in [2.75, 3.05) is 13.6 Å². The maximum Gasteiger partial charge on any atom is 0.157 e. The van der Waals surface area contributed by atoms with E-state index in [1.807, 2.05) is 20.9 Å². The van der Waals surface area contributed by atoms with Gasteiger partial charge in [-0.1, -0.05) is 26.7 Å². The average Bonchev–Trinajstić information content (AvgIpc) is 2.66. The molecular formula is C11H23NO2S. The first kappa shape index (κ1) is 13.0. The van der Waals surface area contributed by atoms with E-state index >= 15 is 0 Å². The predicted molar refractivity (Wildman–Crippen MR) is 63.7 cm³/mol. The van der Waals surface area contributed by atoms with Crippen LogP contribution in [0.15, 0.2) is 0 Å². The van der Waals surface area contributed by atoms with Crippen LogP contribution in [-0.4, -0.2) is 32.5 Å². The maximum absolute atomic E-state index is 12.3. The van der Waals surface area contributed by atoms with Gasteiger partial charge in [-0.2, -0.15) is 0 Å². The molecule has 0 bridgehead atoms. The van der Waals surface area contributed by atoms with Crippen LogP contribution in [0.4, 0.5) is 0 Å². The molecule has 90 valence electrons. The number of rotatable bonds is 5. The molecule has 0 aromatic rings. The molecule has 15 heavy (non-hydrogen) atoms. The SMILES string of the molecule is CNCC(C(C)C)S(=O)(=O)C1CCCC1. The molecule has 0 aromatic heterocycles. The van der Waals surface area contributed by atoms with Crippen molar-refractivity contribution >= 4 is 9.84 Å². The first-order chi connectivity index (χ1) is 7.00. The number of hydrogen-bond donors (Lipinski definition) is 1. The van der Waals surface area contributed by atoms with E-state index in [9.17, 15) is 8.42 Å². The highest BCUT2D eigenvalue weighted by atomic mass is 32.2. The summed E-state index contributed by atoms with van der Waals surface area (Å²) in [7, 11) is -1.11. The molecule has 1 aliphatic carbocycles. The fourth-order valence-corrected chi connectivity index (χ4v) is 5.04. The van der Waals surface area contributed by atoms with Crippen molar-refractivity contribution in [2.45, 2.75) is 50.0 Å². The summed E-state index contributed by atoms with van der Waals surface area (Å²) in [4.78, 5) is 0. The van der Waals surface area contributed by atoms with E-state index in [1.165, 1.54) is 0 Å². The van der Waals surface area contributed by atoms with Gasteiger partial charge in [0.15, 0.2) is 9.84 Å². The van der Waals surface area contributed by atoms with Crippen molar-refractivity contribution in [3.63, 3.8) is 0 Å². The van der Waals surface area contributed by atoms with Gasteiger partial charge in [-0.25, -0.2) is 8.42 Å². The summed E-state index contributed by atoms with van der Waals surface area (Å²) in [6.45, 7) is 4.57. The minimum Gasteiger partial charge on any atom is -0.318 e. The average molecular weight is 233 g/mol. The number of sulfone groups is 1. The van der Waals surface area contributed by atoms with E-state index in [1.54, 1.807) is 0 Å². The lowest BCUT2D eigenvalue weighted by Crippen LogP contribution is -2.40. The van der Waals surface area contributed by atoms with Gasteiger partial charge in [0, 0.05) is 6.54 Å². The molecule has 0 spiro atoms. The van der Waals surface area contributed by atoms with Crippen LogP contribution in [0.5, 0.6) is 0 Å². The summed E-state index contributed by atoms with van der Waals surface area (Å²) in [5.74, 6) is 0.197. The second-order valence-corrected chi connectivity index (χ2v) is 7.29. The van der Waals surface area contributed by atoms with E-state index in [2.05, 4.69) is 5.32 Å². The van der Waals surface area contributed by atoms with E-state index in [4.69, 9.17) is 0 Å². The van der Waals surface area contributed by atoms with Crippen molar-refractivity contribution in [3.05, 3.63) is 0 Å². The Bertz CT molecular complexity index is 279. The van der Waals surface area contributed by atoms with Gasteiger partial charge in [-0.15, -0.1) is 0 Å². The lowest BCUT2D eigenvalue weighted by molar-refractivity contribution is 0.506. The zero-order valence-corrected chi connectivity index (χ0v) is 10.8. The van der Waals surface area contributed by atoms with Crippen LogP contribution < -0.4 is 5.32 Å². The molecule has 1 saturated carbocycles. The maximum atomic E-state index is 12.3. The first-order valence-corrected chi connectivity index (χ1v) is 7.48. The minimum atomic E-state index is -2.92. The second kappa shape index (κ2) is 5.30. The van der Waals surface area contributed by atoms with Crippen LogP contribution in [0, 0.1) is 5.92 Å². The van der Waals surface area contributed by atoms with Gasteiger partial charge >= 0.3 is 0 Å². The van der Waals surface area contributed by atoms with Crippen molar-refractivity contribution in [3.8, 4) is 0 Å². The third-order valence-electron chi connectivity index (χ3n) is 3.34. The highest BCUT2D eigenvalue weighted by molar-refractivity contribution is 7.92. The van der Waals surface area contributed by atoms with E-state index in [-0.39, 0.29) is 16.4 Å². The van der Waals surface area contributed by atoms with Gasteiger partial charge in [-0.3, -0.25) is 0 Å². The standard InChI is InChI=1S/C11H23NO2S/c1-9(2)11(8-12-3)15(13,14)10-6-4-5-7-10/h9-12H,4-8H2,1-3H3. The molecule has 0 amide bonds. The molecule has 0 heterocycles. The van der Waals surface area contributed by atoms with E-state index < -0.39 is 9.84 Å². The monoisotopic (exact) mass is 233 g/mol. The van der Waals surface area contributed by atoms with Gasteiger partial charge in [0.25, 0.3) is 0 Å². The molecule has 1 fully saturated rings. The fraction of sp³-hybridized carbons (Fsp3) is 1.00. The molecule has 1 N–H and O–H groups in total. The summed E-state index contributed by atoms with van der Waals surface area (Å²) in [6.07, 6.45) is 3.90. The summed E-state index contributed by atoms with van der Waals surface area (Å²) >= 11 is 0. The number of hydrogen-bond acceptors (Lipinski definition) is 3. The van der Waals surface area contributed by atoms with E-state index in [0.29, 0.717) is 6.54 Å². The summed E-state index contributed by atoms with van der Waals surface area (Å²) in [6, 6.07) is 0. The fourth-order valence-electron chi connectivity index (χ4n) is 2.40. The van der Waals surface area contributed by atoms with Crippen molar-refractivity contribution in [1.29, 1.82) is 0 Å². The Kier molecular flexibility index (Phi) is 4.59. The van der Waals surface area contributed by atoms with Crippen molar-refractivity contribution < 1.29 is 8.42 Å². The Balaban J connectivity index is 2.80. The van der Waals surface area contributed by atoms with Crippen molar-refractivity contribution in [2.24, 2.45) is 5.92 Å². The highest BCUT2D eigenvalue weighted by Gasteiger charge is 2.36. The second-order valence-electron chi connectivity index (χ2n) is 4.84. The zero-order chi connectivity index (χ0) is 11.5. The Morgan fingerprint density at radius 3 is 2.20 bits per heavy atom. The molecule has 0 radical (unpaired) electrons. The molecule has 3 nitrogen and oxygen atoms in total. The Morgan fingerprint density at radius 2 is 1.80 bits per heavy atom. The highest BCUT2D eigenvalue weighted by Crippen LogP contribution is 2.29. The lowest BCUT2D eigenvalue weighted by Gasteiger charge is -2.24. The molecule has 1 unspecified atom stereocenters. The lowest BCUT2D eigenvalue weighted by atomic mass is 10.1. The van der Waals surface area contributed by atoms with Crippen LogP contribution >= 0.6 is 0 Å². The van der Waals surface area contributed by atoms with Crippen LogP contribution in [0.2, 0.25) is 0 Å². The smallest absolute Gasteiger partial charge is 0.157 e. The summed E-state index contributed by atoms with van der Waals surface area (Å²) < 4.78 is 24.6. The Morgan fingerprint density at radius 1 is 1.27 bits per heavy atom. The van der Waals surface area contributed by atoms with Crippen LogP contribution in [0.3, 0.4) is 0 Å². The van der Waals surface area contributed by atoms with Gasteiger partial charge < -0.3 is 5.32 Å². The normalized spacial score (nSPS) is 21.1. The predicted octanol–water partition coefficient (Wildman–Crippen LogP) is 1.59. The largest absolute Gasteiger partial charge is 0.318 e. The Hall–Kier alpha value is -0.0900. The molecule has 0 saturated heterocycles. The molecule has 0 aliphatic heterocycles. The summed E-state index contributed by atoms with van der Waals surface area (Å²) in [5.41, 5.74) is 0. The molecule has 1 aliphatic rings. The summed E-state index contributed by atoms with van der Waals surface area (Å²) in [5, 5.41) is 2.71. The van der Waals surface area contributed by atoms with Crippen LogP contribution in [-0.2, 0) is 9.84 Å². The third-order valence-corrected chi connectivity index (χ3v) is 6.29. The Labute approximate surface area is 93.6 Å². The van der Waals surface area contributed by atoms with Crippen molar-refractivity contribution in [1.82, 2.24) is 5.32 Å². The van der Waals surface area contributed by atoms with Gasteiger partial charge in [0.05, 0.1) is 10.5 Å². The van der Waals surface area contributed by atoms with Gasteiger partial charge in [0.2, 0.25) is 0 Å². The topological polar surface area (TPSA) is 46.2 Å². The molecule has 0 aromatic carbocycles. The van der Waals surface area contributed by atoms with Gasteiger partial charge in [0.1, 0.15) is 0 Å². The first-order valence-electron chi connectivity index (χ1n) is 5.87. The minimum absolute atomic E-state index is 0.0711. The molecule has 1 rings (SSSR count). The molecule has 1 atom stereocenters. The quantitative estimate of drug-likeness (QED) is 0.784. The van der Waals surface area contributed by atoms with Gasteiger partial charge in [-0.05, 0) is 25.8 Å². The van der Waals surface area contributed by atoms with Crippen LogP contribution in [0.1, 0.15) is 39.5 Å². The zero-order valence-electron chi connectivity index (χ0n) is 9.99. The molecule has 4 heteroatoms. The van der Waals surface area contributed by atoms with Crippen LogP contribution in [0.25, 0.3) is 0 Å². The van der Waals surface area contributed by atoms with E-state index in [0.717, 1.165) is 25.7 Å². The number of nitrogens with one attached hydrogen (secondary N) is 1. The molecular weight excluding hydrogens is 210 g/mol.